The molecule has 0 aliphatic heterocycles. The van der Waals surface area contributed by atoms with Gasteiger partial charge in [0.1, 0.15) is 23.3 Å². The number of rotatable bonds is 6. The van der Waals surface area contributed by atoms with Crippen molar-refractivity contribution in [1.82, 2.24) is 24.8 Å². The van der Waals surface area contributed by atoms with Crippen molar-refractivity contribution < 1.29 is 4.79 Å². The summed E-state index contributed by atoms with van der Waals surface area (Å²) in [5.74, 6) is 2.94. The first kappa shape index (κ1) is 18.6. The second-order valence-electron chi connectivity index (χ2n) is 6.50. The Labute approximate surface area is 158 Å². The number of amides is 1. The lowest BCUT2D eigenvalue weighted by Crippen LogP contribution is -2.29. The van der Waals surface area contributed by atoms with Crippen LogP contribution in [0, 0.1) is 27.7 Å². The Kier molecular flexibility index (Phi) is 5.49. The fraction of sp³-hybridized carbons (Fsp3) is 0.300. The minimum atomic E-state index is -0.0633. The number of carbonyl (C=O) groups is 1. The highest BCUT2D eigenvalue weighted by Crippen LogP contribution is 2.13. The third-order valence-electron chi connectivity index (χ3n) is 4.25. The number of aromatic nitrogens is 4. The highest BCUT2D eigenvalue weighted by atomic mass is 16.1. The van der Waals surface area contributed by atoms with E-state index in [0.29, 0.717) is 30.3 Å². The number of imidazole rings is 1. The Balaban J connectivity index is 1.59. The number of benzene rings is 1. The van der Waals surface area contributed by atoms with Gasteiger partial charge >= 0.3 is 0 Å². The molecule has 7 nitrogen and oxygen atoms in total. The molecule has 0 aliphatic carbocycles. The van der Waals surface area contributed by atoms with E-state index < -0.39 is 0 Å². The standard InChI is InChI=1S/C20H24N6O/c1-13-5-6-14(2)17(11-13)20(27)23-8-7-22-18-12-19(25-15(3)24-18)26-10-9-21-16(26)4/h5-6,9-12H,7-8H2,1-4H3,(H,23,27)(H,22,24,25). The number of aryl methyl sites for hydroxylation is 4. The van der Waals surface area contributed by atoms with Crippen LogP contribution in [0.4, 0.5) is 5.82 Å². The summed E-state index contributed by atoms with van der Waals surface area (Å²) in [6.07, 6.45) is 3.61. The number of nitrogens with zero attached hydrogens (tertiary/aromatic N) is 4. The van der Waals surface area contributed by atoms with Crippen LogP contribution in [-0.2, 0) is 0 Å². The number of nitrogens with one attached hydrogen (secondary N) is 2. The molecule has 1 aromatic carbocycles. The maximum absolute atomic E-state index is 12.4. The minimum absolute atomic E-state index is 0.0633. The molecule has 0 aliphatic rings. The second kappa shape index (κ2) is 7.99. The summed E-state index contributed by atoms with van der Waals surface area (Å²) in [5, 5.41) is 6.18. The summed E-state index contributed by atoms with van der Waals surface area (Å²) in [6, 6.07) is 7.75. The van der Waals surface area contributed by atoms with Crippen LogP contribution in [0.3, 0.4) is 0 Å². The molecule has 7 heteroatoms. The predicted octanol–water partition coefficient (Wildman–Crippen LogP) is 2.74. The maximum atomic E-state index is 12.4. The summed E-state index contributed by atoms with van der Waals surface area (Å²) in [5.41, 5.74) is 2.76. The Morgan fingerprint density at radius 1 is 1.07 bits per heavy atom. The van der Waals surface area contributed by atoms with Crippen LogP contribution in [0.15, 0.2) is 36.7 Å². The topological polar surface area (TPSA) is 84.7 Å². The summed E-state index contributed by atoms with van der Waals surface area (Å²) in [7, 11) is 0. The minimum Gasteiger partial charge on any atom is -0.368 e. The molecule has 3 aromatic rings. The van der Waals surface area contributed by atoms with Gasteiger partial charge in [0.05, 0.1) is 0 Å². The van der Waals surface area contributed by atoms with E-state index in [2.05, 4.69) is 25.6 Å². The van der Waals surface area contributed by atoms with Gasteiger partial charge in [-0.25, -0.2) is 15.0 Å². The normalized spacial score (nSPS) is 10.7. The van der Waals surface area contributed by atoms with Crippen LogP contribution in [0.25, 0.3) is 5.82 Å². The highest BCUT2D eigenvalue weighted by Gasteiger charge is 2.09. The largest absolute Gasteiger partial charge is 0.368 e. The molecule has 0 radical (unpaired) electrons. The van der Waals surface area contributed by atoms with Crippen LogP contribution < -0.4 is 10.6 Å². The zero-order valence-corrected chi connectivity index (χ0v) is 16.1. The van der Waals surface area contributed by atoms with Crippen LogP contribution >= 0.6 is 0 Å². The van der Waals surface area contributed by atoms with Gasteiger partial charge in [0.2, 0.25) is 0 Å². The van der Waals surface area contributed by atoms with E-state index in [9.17, 15) is 4.79 Å². The van der Waals surface area contributed by atoms with Gasteiger partial charge in [0, 0.05) is 37.1 Å². The SMILES string of the molecule is Cc1ccc(C)c(C(=O)NCCNc2cc(-n3ccnc3C)nc(C)n2)c1. The number of hydrogen-bond acceptors (Lipinski definition) is 5. The van der Waals surface area contributed by atoms with Crippen LogP contribution in [0.1, 0.15) is 33.1 Å². The number of anilines is 1. The van der Waals surface area contributed by atoms with Gasteiger partial charge in [-0.1, -0.05) is 17.7 Å². The fourth-order valence-electron chi connectivity index (χ4n) is 2.83. The van der Waals surface area contributed by atoms with E-state index in [1.807, 2.05) is 62.7 Å². The zero-order valence-electron chi connectivity index (χ0n) is 16.1. The van der Waals surface area contributed by atoms with Crippen molar-refractivity contribution in [3.05, 3.63) is 65.0 Å². The van der Waals surface area contributed by atoms with Gasteiger partial charge in [-0.3, -0.25) is 9.36 Å². The van der Waals surface area contributed by atoms with Gasteiger partial charge in [-0.2, -0.15) is 0 Å². The molecule has 2 aromatic heterocycles. The summed E-state index contributed by atoms with van der Waals surface area (Å²) in [4.78, 5) is 25.4. The molecule has 3 rings (SSSR count). The smallest absolute Gasteiger partial charge is 0.251 e. The van der Waals surface area contributed by atoms with E-state index >= 15 is 0 Å². The van der Waals surface area contributed by atoms with Crippen molar-refractivity contribution in [2.24, 2.45) is 0 Å². The van der Waals surface area contributed by atoms with Gasteiger partial charge < -0.3 is 10.6 Å². The molecular weight excluding hydrogens is 340 g/mol. The second-order valence-corrected chi connectivity index (χ2v) is 6.50. The fourth-order valence-corrected chi connectivity index (χ4v) is 2.83. The molecule has 27 heavy (non-hydrogen) atoms. The number of carbonyl (C=O) groups excluding carboxylic acids is 1. The van der Waals surface area contributed by atoms with Gasteiger partial charge in [0.25, 0.3) is 5.91 Å². The molecule has 140 valence electrons. The van der Waals surface area contributed by atoms with Gasteiger partial charge in [0.15, 0.2) is 0 Å². The van der Waals surface area contributed by atoms with Gasteiger partial charge in [-0.05, 0) is 39.3 Å². The molecule has 2 heterocycles. The molecule has 0 saturated heterocycles. The zero-order chi connectivity index (χ0) is 19.4. The van der Waals surface area contributed by atoms with Crippen molar-refractivity contribution in [2.45, 2.75) is 27.7 Å². The molecule has 0 unspecified atom stereocenters. The lowest BCUT2D eigenvalue weighted by Gasteiger charge is -2.11. The average Bonchev–Trinajstić information content (AvgIpc) is 3.06. The Morgan fingerprint density at radius 2 is 1.89 bits per heavy atom. The highest BCUT2D eigenvalue weighted by molar-refractivity contribution is 5.95. The van der Waals surface area contributed by atoms with E-state index in [0.717, 1.165) is 22.8 Å². The number of hydrogen-bond donors (Lipinski definition) is 2. The lowest BCUT2D eigenvalue weighted by molar-refractivity contribution is 0.0954. The van der Waals surface area contributed by atoms with E-state index in [1.165, 1.54) is 0 Å². The Hall–Kier alpha value is -3.22. The molecular formula is C20H24N6O. The first-order chi connectivity index (χ1) is 12.9. The van der Waals surface area contributed by atoms with Crippen molar-refractivity contribution in [1.29, 1.82) is 0 Å². The van der Waals surface area contributed by atoms with E-state index in [-0.39, 0.29) is 5.91 Å². The molecule has 0 fully saturated rings. The molecule has 0 spiro atoms. The maximum Gasteiger partial charge on any atom is 0.251 e. The predicted molar refractivity (Wildman–Crippen MR) is 105 cm³/mol. The lowest BCUT2D eigenvalue weighted by atomic mass is 10.1. The summed E-state index contributed by atoms with van der Waals surface area (Å²) >= 11 is 0. The van der Waals surface area contributed by atoms with E-state index in [1.54, 1.807) is 6.20 Å². The van der Waals surface area contributed by atoms with Crippen LogP contribution in [0.2, 0.25) is 0 Å². The van der Waals surface area contributed by atoms with Crippen molar-refractivity contribution >= 4 is 11.7 Å². The van der Waals surface area contributed by atoms with Crippen molar-refractivity contribution in [3.8, 4) is 5.82 Å². The quantitative estimate of drug-likeness (QED) is 0.657. The summed E-state index contributed by atoms with van der Waals surface area (Å²) in [6.45, 7) is 8.76. The molecule has 0 saturated carbocycles. The Morgan fingerprint density at radius 3 is 2.63 bits per heavy atom. The first-order valence-corrected chi connectivity index (χ1v) is 8.89. The first-order valence-electron chi connectivity index (χ1n) is 8.89. The third-order valence-corrected chi connectivity index (χ3v) is 4.25. The molecule has 2 N–H and O–H groups in total. The molecule has 1 amide bonds. The van der Waals surface area contributed by atoms with Crippen LogP contribution in [-0.4, -0.2) is 38.5 Å². The average molecular weight is 364 g/mol. The summed E-state index contributed by atoms with van der Waals surface area (Å²) < 4.78 is 1.90. The van der Waals surface area contributed by atoms with Crippen LogP contribution in [0.5, 0.6) is 0 Å². The molecule has 0 bridgehead atoms. The van der Waals surface area contributed by atoms with Crippen molar-refractivity contribution in [3.63, 3.8) is 0 Å². The van der Waals surface area contributed by atoms with Crippen molar-refractivity contribution in [2.75, 3.05) is 18.4 Å². The van der Waals surface area contributed by atoms with Gasteiger partial charge in [-0.15, -0.1) is 0 Å². The monoisotopic (exact) mass is 364 g/mol. The third kappa shape index (κ3) is 4.49. The molecule has 0 atom stereocenters. The Bertz CT molecular complexity index is 963. The van der Waals surface area contributed by atoms with E-state index in [4.69, 9.17) is 0 Å².